The SMILES string of the molecule is O=C(Nc1ccc(Br)cc1)c1cc2c(cn1)NC(=Nc1c(Cl)cncc1Cl)C2. The number of anilines is 2. The molecule has 4 rings (SSSR count). The van der Waals surface area contributed by atoms with Crippen LogP contribution < -0.4 is 10.6 Å². The van der Waals surface area contributed by atoms with Crippen LogP contribution in [0.15, 0.2) is 58.4 Å². The van der Waals surface area contributed by atoms with Gasteiger partial charge in [-0.3, -0.25) is 9.78 Å². The summed E-state index contributed by atoms with van der Waals surface area (Å²) in [6, 6.07) is 9.07. The normalized spacial score (nSPS) is 13.9. The maximum absolute atomic E-state index is 12.5. The number of carbonyl (C=O) groups is 1. The highest BCUT2D eigenvalue weighted by Crippen LogP contribution is 2.33. The molecule has 9 heteroatoms. The average Bonchev–Trinajstić information content (AvgIpc) is 3.08. The summed E-state index contributed by atoms with van der Waals surface area (Å²) in [4.78, 5) is 25.1. The molecule has 0 bridgehead atoms. The number of halogens is 3. The molecule has 1 amide bonds. The summed E-state index contributed by atoms with van der Waals surface area (Å²) in [7, 11) is 0. The molecule has 0 spiro atoms. The number of hydrogen-bond acceptors (Lipinski definition) is 4. The number of amidine groups is 1. The van der Waals surface area contributed by atoms with Gasteiger partial charge in [-0.2, -0.15) is 0 Å². The van der Waals surface area contributed by atoms with Crippen molar-refractivity contribution >= 4 is 67.9 Å². The minimum Gasteiger partial charge on any atom is -0.342 e. The van der Waals surface area contributed by atoms with Crippen LogP contribution in [-0.4, -0.2) is 21.7 Å². The second-order valence-electron chi connectivity index (χ2n) is 6.00. The van der Waals surface area contributed by atoms with Crippen molar-refractivity contribution in [3.8, 4) is 0 Å². The summed E-state index contributed by atoms with van der Waals surface area (Å²) >= 11 is 15.6. The van der Waals surface area contributed by atoms with Crippen LogP contribution in [-0.2, 0) is 6.42 Å². The second-order valence-corrected chi connectivity index (χ2v) is 7.73. The van der Waals surface area contributed by atoms with Gasteiger partial charge in [0.1, 0.15) is 17.2 Å². The molecule has 3 aromatic rings. The van der Waals surface area contributed by atoms with Crippen molar-refractivity contribution in [1.29, 1.82) is 0 Å². The number of hydrogen-bond donors (Lipinski definition) is 2. The molecule has 28 heavy (non-hydrogen) atoms. The molecule has 0 atom stereocenters. The van der Waals surface area contributed by atoms with E-state index in [0.29, 0.717) is 39.4 Å². The lowest BCUT2D eigenvalue weighted by molar-refractivity contribution is 0.102. The van der Waals surface area contributed by atoms with Gasteiger partial charge in [0.15, 0.2) is 0 Å². The van der Waals surface area contributed by atoms with E-state index in [9.17, 15) is 4.79 Å². The van der Waals surface area contributed by atoms with E-state index in [1.807, 2.05) is 24.3 Å². The van der Waals surface area contributed by atoms with Crippen molar-refractivity contribution < 1.29 is 4.79 Å². The number of aromatic nitrogens is 2. The number of nitrogens with one attached hydrogen (secondary N) is 2. The second kappa shape index (κ2) is 7.87. The lowest BCUT2D eigenvalue weighted by atomic mass is 10.1. The molecule has 0 saturated carbocycles. The van der Waals surface area contributed by atoms with Crippen LogP contribution >= 0.6 is 39.1 Å². The van der Waals surface area contributed by atoms with E-state index in [2.05, 4.69) is 41.5 Å². The quantitative estimate of drug-likeness (QED) is 0.523. The maximum Gasteiger partial charge on any atom is 0.274 e. The van der Waals surface area contributed by atoms with Crippen LogP contribution in [0.5, 0.6) is 0 Å². The molecular weight excluding hydrogens is 465 g/mol. The first-order chi connectivity index (χ1) is 13.5. The number of pyridine rings is 2. The largest absolute Gasteiger partial charge is 0.342 e. The molecule has 0 aliphatic carbocycles. The summed E-state index contributed by atoms with van der Waals surface area (Å²) in [6.45, 7) is 0. The molecule has 0 unspecified atom stereocenters. The summed E-state index contributed by atoms with van der Waals surface area (Å²) in [5.74, 6) is 0.382. The van der Waals surface area contributed by atoms with Gasteiger partial charge in [0.2, 0.25) is 0 Å². The third-order valence-corrected chi connectivity index (χ3v) is 5.12. The number of nitrogens with zero attached hydrogens (tertiary/aromatic N) is 3. The molecule has 0 radical (unpaired) electrons. The predicted molar refractivity (Wildman–Crippen MR) is 115 cm³/mol. The topological polar surface area (TPSA) is 79.3 Å². The van der Waals surface area contributed by atoms with E-state index in [4.69, 9.17) is 23.2 Å². The zero-order chi connectivity index (χ0) is 19.7. The van der Waals surface area contributed by atoms with E-state index in [1.54, 1.807) is 12.3 Å². The minimum absolute atomic E-state index is 0.282. The summed E-state index contributed by atoms with van der Waals surface area (Å²) < 4.78 is 0.938. The first kappa shape index (κ1) is 18.9. The fourth-order valence-corrected chi connectivity index (χ4v) is 3.42. The number of benzene rings is 1. The molecule has 140 valence electrons. The van der Waals surface area contributed by atoms with E-state index in [-0.39, 0.29) is 5.91 Å². The van der Waals surface area contributed by atoms with E-state index in [1.165, 1.54) is 12.4 Å². The van der Waals surface area contributed by atoms with Crippen LogP contribution in [0.25, 0.3) is 0 Å². The average molecular weight is 477 g/mol. The smallest absolute Gasteiger partial charge is 0.274 e. The molecule has 2 N–H and O–H groups in total. The van der Waals surface area contributed by atoms with Crippen LogP contribution in [0.4, 0.5) is 17.1 Å². The molecule has 0 fully saturated rings. The predicted octanol–water partition coefficient (Wildman–Crippen LogP) is 5.50. The molecule has 1 aliphatic heterocycles. The van der Waals surface area contributed by atoms with Gasteiger partial charge < -0.3 is 10.6 Å². The Labute approximate surface area is 179 Å². The molecule has 6 nitrogen and oxygen atoms in total. The van der Waals surface area contributed by atoms with Gasteiger partial charge in [0, 0.05) is 29.0 Å². The fraction of sp³-hybridized carbons (Fsp3) is 0.0526. The van der Waals surface area contributed by atoms with Crippen LogP contribution in [0.1, 0.15) is 16.1 Å². The first-order valence-corrected chi connectivity index (χ1v) is 9.74. The molecule has 3 heterocycles. The van der Waals surface area contributed by atoms with Crippen LogP contribution in [0.2, 0.25) is 10.0 Å². The van der Waals surface area contributed by atoms with Crippen molar-refractivity contribution in [1.82, 2.24) is 9.97 Å². The van der Waals surface area contributed by atoms with Gasteiger partial charge in [-0.1, -0.05) is 39.1 Å². The highest BCUT2D eigenvalue weighted by atomic mass is 79.9. The third-order valence-electron chi connectivity index (χ3n) is 4.04. The third kappa shape index (κ3) is 4.01. The highest BCUT2D eigenvalue weighted by Gasteiger charge is 2.20. The Morgan fingerprint density at radius 3 is 2.57 bits per heavy atom. The molecule has 0 saturated heterocycles. The summed E-state index contributed by atoms with van der Waals surface area (Å²) in [5, 5.41) is 6.73. The van der Waals surface area contributed by atoms with E-state index in [0.717, 1.165) is 15.7 Å². The number of aliphatic imine (C=N–C) groups is 1. The van der Waals surface area contributed by atoms with Gasteiger partial charge in [-0.25, -0.2) is 9.98 Å². The molecule has 1 aromatic carbocycles. The van der Waals surface area contributed by atoms with Crippen LogP contribution in [0.3, 0.4) is 0 Å². The minimum atomic E-state index is -0.282. The van der Waals surface area contributed by atoms with E-state index < -0.39 is 0 Å². The van der Waals surface area contributed by atoms with Gasteiger partial charge in [-0.15, -0.1) is 0 Å². The molecular formula is C19H12BrCl2N5O. The van der Waals surface area contributed by atoms with Crippen LogP contribution in [0, 0.1) is 0 Å². The van der Waals surface area contributed by atoms with Crippen molar-refractivity contribution in [3.05, 3.63) is 74.7 Å². The highest BCUT2D eigenvalue weighted by molar-refractivity contribution is 9.10. The number of carbonyl (C=O) groups excluding carboxylic acids is 1. The Bertz CT molecular complexity index is 1080. The van der Waals surface area contributed by atoms with Crippen molar-refractivity contribution in [2.24, 2.45) is 4.99 Å². The van der Waals surface area contributed by atoms with Gasteiger partial charge in [0.05, 0.1) is 21.9 Å². The monoisotopic (exact) mass is 475 g/mol. The van der Waals surface area contributed by atoms with Gasteiger partial charge in [0.25, 0.3) is 5.91 Å². The number of amides is 1. The fourth-order valence-electron chi connectivity index (χ4n) is 2.70. The summed E-state index contributed by atoms with van der Waals surface area (Å²) in [6.07, 6.45) is 5.09. The maximum atomic E-state index is 12.5. The summed E-state index contributed by atoms with van der Waals surface area (Å²) in [5.41, 5.74) is 3.17. The zero-order valence-electron chi connectivity index (χ0n) is 14.2. The number of rotatable bonds is 3. The Morgan fingerprint density at radius 2 is 1.86 bits per heavy atom. The zero-order valence-corrected chi connectivity index (χ0v) is 17.3. The van der Waals surface area contributed by atoms with Gasteiger partial charge in [-0.05, 0) is 35.9 Å². The lowest BCUT2D eigenvalue weighted by Crippen LogP contribution is -2.13. The van der Waals surface area contributed by atoms with Crippen molar-refractivity contribution in [3.63, 3.8) is 0 Å². The Hall–Kier alpha value is -2.48. The van der Waals surface area contributed by atoms with Crippen molar-refractivity contribution in [2.45, 2.75) is 6.42 Å². The Morgan fingerprint density at radius 1 is 1.14 bits per heavy atom. The first-order valence-electron chi connectivity index (χ1n) is 8.19. The lowest BCUT2D eigenvalue weighted by Gasteiger charge is -2.06. The van der Waals surface area contributed by atoms with Gasteiger partial charge >= 0.3 is 0 Å². The standard InChI is InChI=1S/C19H12BrCl2N5O/c20-11-1-3-12(4-2-11)25-19(28)15-5-10-6-17(26-16(10)9-24-15)27-18-13(21)7-23-8-14(18)22/h1-5,7-9H,6H2,(H,25,28)(H,23,26,27). The van der Waals surface area contributed by atoms with E-state index >= 15 is 0 Å². The Balaban J connectivity index is 1.53. The molecule has 1 aliphatic rings. The Kier molecular flexibility index (Phi) is 5.30. The molecule has 2 aromatic heterocycles. The van der Waals surface area contributed by atoms with Crippen molar-refractivity contribution in [2.75, 3.05) is 10.6 Å². The number of fused-ring (bicyclic) bond motifs is 1.